The number of rotatable bonds is 6. The van der Waals surface area contributed by atoms with Gasteiger partial charge >= 0.3 is 0 Å². The fraction of sp³-hybridized carbons (Fsp3) is 0. The van der Waals surface area contributed by atoms with Crippen LogP contribution in [0.1, 0.15) is 11.1 Å². The Balaban J connectivity index is 1.50. The van der Waals surface area contributed by atoms with Crippen molar-refractivity contribution in [3.05, 3.63) is 199 Å². The van der Waals surface area contributed by atoms with E-state index in [9.17, 15) is 10.5 Å². The van der Waals surface area contributed by atoms with Gasteiger partial charge in [0.15, 0.2) is 0 Å². The number of nitriles is 2. The van der Waals surface area contributed by atoms with Crippen LogP contribution in [0, 0.1) is 22.7 Å². The molecule has 0 aliphatic carbocycles. The number of benzene rings is 8. The van der Waals surface area contributed by atoms with Crippen LogP contribution in [0.5, 0.6) is 0 Å². The summed E-state index contributed by atoms with van der Waals surface area (Å²) in [6, 6.07) is 69.5. The van der Waals surface area contributed by atoms with Crippen molar-refractivity contribution in [1.82, 2.24) is 4.57 Å². The van der Waals surface area contributed by atoms with Crippen molar-refractivity contribution >= 4 is 21.8 Å². The average Bonchev–Trinajstić information content (AvgIpc) is 3.56. The van der Waals surface area contributed by atoms with Crippen molar-refractivity contribution < 1.29 is 0 Å². The minimum Gasteiger partial charge on any atom is -0.307 e. The molecule has 0 unspecified atom stereocenters. The van der Waals surface area contributed by atoms with E-state index in [1.165, 1.54) is 0 Å². The normalized spacial score (nSPS) is 11.0. The smallest absolute Gasteiger partial charge is 0.102 e. The van der Waals surface area contributed by atoms with E-state index in [0.29, 0.717) is 16.7 Å². The summed E-state index contributed by atoms with van der Waals surface area (Å²) in [7, 11) is 0. The van der Waals surface area contributed by atoms with E-state index < -0.39 is 0 Å². The quantitative estimate of drug-likeness (QED) is 0.176. The van der Waals surface area contributed by atoms with Gasteiger partial charge in [-0.3, -0.25) is 0 Å². The molecule has 0 aliphatic rings. The molecule has 9 aromatic rings. The average molecular weight is 674 g/mol. The van der Waals surface area contributed by atoms with Crippen LogP contribution in [0.4, 0.5) is 0 Å². The third-order valence-electron chi connectivity index (χ3n) is 10.1. The SMILES string of the molecule is N#Cc1c(-c2ccccc2)c(C#N)c(-n2c3ccc(-c4ccccc4)cc3c3cc(-c4ccccc4)ccc32)c(-c2ccccc2)c1-c1ccccc1. The highest BCUT2D eigenvalue weighted by Gasteiger charge is 2.29. The van der Waals surface area contributed by atoms with E-state index in [0.717, 1.165) is 77.6 Å². The molecule has 0 N–H and O–H groups in total. The molecule has 0 fully saturated rings. The molecule has 9 rings (SSSR count). The molecule has 0 aliphatic heterocycles. The van der Waals surface area contributed by atoms with Gasteiger partial charge in [0, 0.05) is 27.5 Å². The summed E-state index contributed by atoms with van der Waals surface area (Å²) in [5.41, 5.74) is 13.0. The molecule has 53 heavy (non-hydrogen) atoms. The highest BCUT2D eigenvalue weighted by Crippen LogP contribution is 2.49. The van der Waals surface area contributed by atoms with Gasteiger partial charge in [-0.15, -0.1) is 0 Å². The van der Waals surface area contributed by atoms with Gasteiger partial charge in [-0.2, -0.15) is 10.5 Å². The summed E-state index contributed by atoms with van der Waals surface area (Å²) < 4.78 is 2.26. The zero-order chi connectivity index (χ0) is 35.7. The Labute approximate surface area is 308 Å². The van der Waals surface area contributed by atoms with Gasteiger partial charge in [0.1, 0.15) is 12.1 Å². The standard InChI is InChI=1S/C50H31N3/c51-32-43-47(36-20-10-3-11-21-36)44(33-52)50(49(38-24-14-5-15-25-38)48(43)37-22-12-4-13-23-37)53-45-28-26-39(34-16-6-1-7-17-34)30-41(45)42-31-40(27-29-46(42)53)35-18-8-2-9-19-35/h1-31H. The Morgan fingerprint density at radius 1 is 0.321 bits per heavy atom. The summed E-state index contributed by atoms with van der Waals surface area (Å²) in [5, 5.41) is 24.6. The Morgan fingerprint density at radius 3 is 1.08 bits per heavy atom. The Morgan fingerprint density at radius 2 is 0.679 bits per heavy atom. The van der Waals surface area contributed by atoms with Crippen LogP contribution >= 0.6 is 0 Å². The van der Waals surface area contributed by atoms with Crippen LogP contribution in [0.2, 0.25) is 0 Å². The van der Waals surface area contributed by atoms with Crippen LogP contribution in [-0.2, 0) is 0 Å². The van der Waals surface area contributed by atoms with Crippen molar-refractivity contribution in [1.29, 1.82) is 10.5 Å². The summed E-state index contributed by atoms with van der Waals surface area (Å²) in [6.07, 6.45) is 0. The van der Waals surface area contributed by atoms with Crippen molar-refractivity contribution in [2.75, 3.05) is 0 Å². The number of fused-ring (bicyclic) bond motifs is 3. The molecule has 3 nitrogen and oxygen atoms in total. The largest absolute Gasteiger partial charge is 0.307 e. The summed E-state index contributed by atoms with van der Waals surface area (Å²) in [6.45, 7) is 0. The van der Waals surface area contributed by atoms with Crippen LogP contribution in [-0.4, -0.2) is 4.57 Å². The lowest BCUT2D eigenvalue weighted by Crippen LogP contribution is -2.07. The molecule has 3 heteroatoms. The van der Waals surface area contributed by atoms with Gasteiger partial charge in [0.05, 0.1) is 27.8 Å². The van der Waals surface area contributed by atoms with Crippen molar-refractivity contribution in [2.45, 2.75) is 0 Å². The van der Waals surface area contributed by atoms with E-state index in [-0.39, 0.29) is 0 Å². The lowest BCUT2D eigenvalue weighted by molar-refractivity contribution is 1.17. The van der Waals surface area contributed by atoms with Crippen LogP contribution in [0.3, 0.4) is 0 Å². The summed E-state index contributed by atoms with van der Waals surface area (Å²) >= 11 is 0. The van der Waals surface area contributed by atoms with Crippen LogP contribution < -0.4 is 0 Å². The maximum absolute atomic E-state index is 11.4. The minimum atomic E-state index is 0.448. The molecule has 246 valence electrons. The van der Waals surface area contributed by atoms with Gasteiger partial charge in [-0.25, -0.2) is 0 Å². The van der Waals surface area contributed by atoms with Gasteiger partial charge < -0.3 is 4.57 Å². The molecule has 0 atom stereocenters. The maximum Gasteiger partial charge on any atom is 0.102 e. The molecule has 0 radical (unpaired) electrons. The molecule has 8 aromatic carbocycles. The Bertz CT molecular complexity index is 2760. The molecule has 1 aromatic heterocycles. The molecule has 0 spiro atoms. The van der Waals surface area contributed by atoms with E-state index in [2.05, 4.69) is 126 Å². The monoisotopic (exact) mass is 673 g/mol. The molecule has 0 amide bonds. The molecular weight excluding hydrogens is 643 g/mol. The maximum atomic E-state index is 11.4. The number of aromatic nitrogens is 1. The summed E-state index contributed by atoms with van der Waals surface area (Å²) in [5.74, 6) is 0. The first-order valence-corrected chi connectivity index (χ1v) is 17.6. The Hall–Kier alpha value is -7.46. The minimum absolute atomic E-state index is 0.448. The van der Waals surface area contributed by atoms with Gasteiger partial charge in [0.2, 0.25) is 0 Å². The van der Waals surface area contributed by atoms with Crippen molar-refractivity contribution in [3.8, 4) is 73.5 Å². The third kappa shape index (κ3) is 5.37. The lowest BCUT2D eigenvalue weighted by atomic mass is 9.81. The molecular formula is C50H31N3. The van der Waals surface area contributed by atoms with Crippen LogP contribution in [0.15, 0.2) is 188 Å². The van der Waals surface area contributed by atoms with E-state index in [1.807, 2.05) is 78.9 Å². The number of hydrogen-bond acceptors (Lipinski definition) is 2. The fourth-order valence-electron chi connectivity index (χ4n) is 7.74. The zero-order valence-electron chi connectivity index (χ0n) is 28.7. The van der Waals surface area contributed by atoms with E-state index in [4.69, 9.17) is 0 Å². The highest BCUT2D eigenvalue weighted by atomic mass is 15.0. The van der Waals surface area contributed by atoms with E-state index in [1.54, 1.807) is 0 Å². The lowest BCUT2D eigenvalue weighted by Gasteiger charge is -2.24. The second-order valence-electron chi connectivity index (χ2n) is 13.1. The Kier molecular flexibility index (Phi) is 7.94. The molecule has 1 heterocycles. The summed E-state index contributed by atoms with van der Waals surface area (Å²) in [4.78, 5) is 0. The molecule has 0 saturated heterocycles. The number of hydrogen-bond donors (Lipinski definition) is 0. The number of nitrogens with zero attached hydrogens (tertiary/aromatic N) is 3. The first-order chi connectivity index (χ1) is 26.2. The second-order valence-corrected chi connectivity index (χ2v) is 13.1. The zero-order valence-corrected chi connectivity index (χ0v) is 28.7. The molecule has 0 saturated carbocycles. The van der Waals surface area contributed by atoms with Crippen molar-refractivity contribution in [3.63, 3.8) is 0 Å². The predicted octanol–water partition coefficient (Wildman–Crippen LogP) is 12.9. The van der Waals surface area contributed by atoms with Gasteiger partial charge in [0.25, 0.3) is 0 Å². The van der Waals surface area contributed by atoms with Crippen LogP contribution in [0.25, 0.3) is 83.1 Å². The predicted molar refractivity (Wildman–Crippen MR) is 217 cm³/mol. The van der Waals surface area contributed by atoms with Gasteiger partial charge in [-0.05, 0) is 63.2 Å². The second kappa shape index (κ2) is 13.3. The first-order valence-electron chi connectivity index (χ1n) is 17.6. The van der Waals surface area contributed by atoms with Crippen molar-refractivity contribution in [2.24, 2.45) is 0 Å². The van der Waals surface area contributed by atoms with Gasteiger partial charge in [-0.1, -0.05) is 164 Å². The third-order valence-corrected chi connectivity index (χ3v) is 10.1. The fourth-order valence-corrected chi connectivity index (χ4v) is 7.74. The first kappa shape index (κ1) is 31.5. The van der Waals surface area contributed by atoms with E-state index >= 15 is 0 Å². The topological polar surface area (TPSA) is 52.5 Å². The molecule has 0 bridgehead atoms. The highest BCUT2D eigenvalue weighted by molar-refractivity contribution is 6.13.